The first kappa shape index (κ1) is 13.2. The third-order valence-corrected chi connectivity index (χ3v) is 4.21. The van der Waals surface area contributed by atoms with Crippen molar-refractivity contribution >= 4 is 16.9 Å². The lowest BCUT2D eigenvalue weighted by Crippen LogP contribution is -2.42. The van der Waals surface area contributed by atoms with Gasteiger partial charge in [0.1, 0.15) is 5.58 Å². The Bertz CT molecular complexity index is 592. The number of rotatable bonds is 4. The first-order valence-corrected chi connectivity index (χ1v) is 7.39. The molecule has 1 atom stereocenters. The lowest BCUT2D eigenvalue weighted by Gasteiger charge is -2.31. The molecule has 0 unspecified atom stereocenters. The first-order chi connectivity index (χ1) is 9.58. The Morgan fingerprint density at radius 3 is 2.55 bits per heavy atom. The Kier molecular flexibility index (Phi) is 3.28. The van der Waals surface area contributed by atoms with Crippen LogP contribution in [0.2, 0.25) is 0 Å². The second-order valence-electron chi connectivity index (χ2n) is 6.08. The SMILES string of the molecule is CC(C)[C@@H](C)N(C(=O)c1cc2ccccc2o1)C1CC1. The highest BCUT2D eigenvalue weighted by molar-refractivity contribution is 5.96. The van der Waals surface area contributed by atoms with Crippen molar-refractivity contribution in [1.82, 2.24) is 4.90 Å². The number of benzene rings is 1. The minimum Gasteiger partial charge on any atom is -0.451 e. The number of fused-ring (bicyclic) bond motifs is 1. The molecule has 2 aromatic rings. The number of amides is 1. The van der Waals surface area contributed by atoms with E-state index in [9.17, 15) is 4.79 Å². The molecule has 3 nitrogen and oxygen atoms in total. The summed E-state index contributed by atoms with van der Waals surface area (Å²) in [5, 5.41) is 0.990. The molecule has 0 bridgehead atoms. The van der Waals surface area contributed by atoms with E-state index in [1.165, 1.54) is 0 Å². The van der Waals surface area contributed by atoms with Crippen LogP contribution < -0.4 is 0 Å². The van der Waals surface area contributed by atoms with Gasteiger partial charge in [-0.1, -0.05) is 32.0 Å². The van der Waals surface area contributed by atoms with E-state index in [4.69, 9.17) is 4.42 Å². The maximum absolute atomic E-state index is 12.8. The van der Waals surface area contributed by atoms with E-state index in [-0.39, 0.29) is 11.9 Å². The van der Waals surface area contributed by atoms with Gasteiger partial charge in [0.15, 0.2) is 5.76 Å². The molecule has 106 valence electrons. The van der Waals surface area contributed by atoms with Crippen LogP contribution in [0.5, 0.6) is 0 Å². The summed E-state index contributed by atoms with van der Waals surface area (Å²) < 4.78 is 5.73. The van der Waals surface area contributed by atoms with Crippen molar-refractivity contribution in [3.8, 4) is 0 Å². The highest BCUT2D eigenvalue weighted by atomic mass is 16.3. The van der Waals surface area contributed by atoms with Crippen molar-refractivity contribution in [2.24, 2.45) is 5.92 Å². The molecule has 0 saturated heterocycles. The number of hydrogen-bond acceptors (Lipinski definition) is 2. The molecule has 1 aromatic carbocycles. The average Bonchev–Trinajstić information content (AvgIpc) is 3.16. The van der Waals surface area contributed by atoms with E-state index in [0.29, 0.717) is 17.7 Å². The quantitative estimate of drug-likeness (QED) is 0.839. The number of carbonyl (C=O) groups is 1. The molecular weight excluding hydrogens is 250 g/mol. The standard InChI is InChI=1S/C17H21NO2/c1-11(2)12(3)18(14-8-9-14)17(19)16-10-13-6-4-5-7-15(13)20-16/h4-7,10-12,14H,8-9H2,1-3H3/t12-/m1/s1. The fraction of sp³-hybridized carbons (Fsp3) is 0.471. The molecule has 1 aromatic heterocycles. The largest absolute Gasteiger partial charge is 0.451 e. The zero-order valence-electron chi connectivity index (χ0n) is 12.3. The fourth-order valence-corrected chi connectivity index (χ4v) is 2.57. The molecule has 0 spiro atoms. The molecule has 0 aliphatic heterocycles. The van der Waals surface area contributed by atoms with E-state index >= 15 is 0 Å². The number of hydrogen-bond donors (Lipinski definition) is 0. The second-order valence-corrected chi connectivity index (χ2v) is 6.08. The average molecular weight is 271 g/mol. The Labute approximate surface area is 119 Å². The molecule has 1 aliphatic rings. The van der Waals surface area contributed by atoms with Gasteiger partial charge in [0.05, 0.1) is 0 Å². The van der Waals surface area contributed by atoms with Gasteiger partial charge in [-0.05, 0) is 37.8 Å². The van der Waals surface area contributed by atoms with Crippen molar-refractivity contribution in [3.63, 3.8) is 0 Å². The summed E-state index contributed by atoms with van der Waals surface area (Å²) in [4.78, 5) is 14.8. The smallest absolute Gasteiger partial charge is 0.290 e. The molecular formula is C17H21NO2. The predicted molar refractivity (Wildman–Crippen MR) is 79.7 cm³/mol. The third kappa shape index (κ3) is 2.33. The van der Waals surface area contributed by atoms with Crippen LogP contribution in [0.1, 0.15) is 44.2 Å². The van der Waals surface area contributed by atoms with Gasteiger partial charge in [-0.15, -0.1) is 0 Å². The molecule has 0 radical (unpaired) electrons. The zero-order valence-corrected chi connectivity index (χ0v) is 12.3. The Morgan fingerprint density at radius 1 is 1.25 bits per heavy atom. The van der Waals surface area contributed by atoms with Crippen molar-refractivity contribution in [2.75, 3.05) is 0 Å². The maximum atomic E-state index is 12.8. The molecule has 20 heavy (non-hydrogen) atoms. The highest BCUT2D eigenvalue weighted by Gasteiger charge is 2.38. The monoisotopic (exact) mass is 271 g/mol. The Morgan fingerprint density at radius 2 is 1.95 bits per heavy atom. The van der Waals surface area contributed by atoms with E-state index in [0.717, 1.165) is 23.8 Å². The van der Waals surface area contributed by atoms with Gasteiger partial charge < -0.3 is 9.32 Å². The molecule has 3 rings (SSSR count). The van der Waals surface area contributed by atoms with E-state index in [1.807, 2.05) is 35.2 Å². The van der Waals surface area contributed by atoms with Gasteiger partial charge in [-0.3, -0.25) is 4.79 Å². The summed E-state index contributed by atoms with van der Waals surface area (Å²) in [7, 11) is 0. The fourth-order valence-electron chi connectivity index (χ4n) is 2.57. The molecule has 3 heteroatoms. The summed E-state index contributed by atoms with van der Waals surface area (Å²) in [6, 6.07) is 10.3. The summed E-state index contributed by atoms with van der Waals surface area (Å²) >= 11 is 0. The summed E-state index contributed by atoms with van der Waals surface area (Å²) in [6.45, 7) is 6.45. The zero-order chi connectivity index (χ0) is 14.3. The van der Waals surface area contributed by atoms with Crippen molar-refractivity contribution in [3.05, 3.63) is 36.1 Å². The van der Waals surface area contributed by atoms with Gasteiger partial charge in [0.25, 0.3) is 5.91 Å². The number of carbonyl (C=O) groups excluding carboxylic acids is 1. The second kappa shape index (κ2) is 4.97. The minimum absolute atomic E-state index is 0.0323. The van der Waals surface area contributed by atoms with Crippen molar-refractivity contribution in [2.45, 2.75) is 45.7 Å². The topological polar surface area (TPSA) is 33.5 Å². The van der Waals surface area contributed by atoms with Crippen LogP contribution >= 0.6 is 0 Å². The van der Waals surface area contributed by atoms with Crippen LogP contribution in [0.25, 0.3) is 11.0 Å². The number of para-hydroxylation sites is 1. The summed E-state index contributed by atoms with van der Waals surface area (Å²) in [6.07, 6.45) is 2.23. The molecule has 1 aliphatic carbocycles. The number of nitrogens with zero attached hydrogens (tertiary/aromatic N) is 1. The highest BCUT2D eigenvalue weighted by Crippen LogP contribution is 2.33. The van der Waals surface area contributed by atoms with Crippen LogP contribution in [-0.4, -0.2) is 22.9 Å². The normalized spacial score (nSPS) is 16.6. The number of furan rings is 1. The van der Waals surface area contributed by atoms with Gasteiger partial charge in [-0.25, -0.2) is 0 Å². The van der Waals surface area contributed by atoms with Crippen LogP contribution in [0.3, 0.4) is 0 Å². The van der Waals surface area contributed by atoms with Crippen molar-refractivity contribution < 1.29 is 9.21 Å². The van der Waals surface area contributed by atoms with Crippen LogP contribution in [-0.2, 0) is 0 Å². The lowest BCUT2D eigenvalue weighted by atomic mass is 10.0. The molecule has 0 N–H and O–H groups in total. The summed E-state index contributed by atoms with van der Waals surface area (Å²) in [5.41, 5.74) is 0.781. The third-order valence-electron chi connectivity index (χ3n) is 4.21. The first-order valence-electron chi connectivity index (χ1n) is 7.39. The minimum atomic E-state index is 0.0323. The van der Waals surface area contributed by atoms with Gasteiger partial charge in [0.2, 0.25) is 0 Å². The maximum Gasteiger partial charge on any atom is 0.290 e. The van der Waals surface area contributed by atoms with Crippen molar-refractivity contribution in [1.29, 1.82) is 0 Å². The van der Waals surface area contributed by atoms with E-state index in [1.54, 1.807) is 0 Å². The van der Waals surface area contributed by atoms with Gasteiger partial charge in [0, 0.05) is 17.5 Å². The lowest BCUT2D eigenvalue weighted by molar-refractivity contribution is 0.0597. The van der Waals surface area contributed by atoms with Crippen LogP contribution in [0.15, 0.2) is 34.7 Å². The Balaban J connectivity index is 1.92. The van der Waals surface area contributed by atoms with E-state index < -0.39 is 0 Å². The van der Waals surface area contributed by atoms with Crippen LogP contribution in [0, 0.1) is 5.92 Å². The molecule has 1 fully saturated rings. The molecule has 1 amide bonds. The van der Waals surface area contributed by atoms with Gasteiger partial charge in [-0.2, -0.15) is 0 Å². The predicted octanol–water partition coefficient (Wildman–Crippen LogP) is 4.08. The summed E-state index contributed by atoms with van der Waals surface area (Å²) in [5.74, 6) is 0.944. The van der Waals surface area contributed by atoms with E-state index in [2.05, 4.69) is 20.8 Å². The Hall–Kier alpha value is -1.77. The van der Waals surface area contributed by atoms with Crippen LogP contribution in [0.4, 0.5) is 0 Å². The molecule has 1 heterocycles. The van der Waals surface area contributed by atoms with Gasteiger partial charge >= 0.3 is 0 Å². The molecule has 1 saturated carbocycles.